The third-order valence-electron chi connectivity index (χ3n) is 3.75. The van der Waals surface area contributed by atoms with Crippen molar-refractivity contribution in [2.45, 2.75) is 13.8 Å². The Kier molecular flexibility index (Phi) is 4.28. The number of hydrogen-bond acceptors (Lipinski definition) is 2. The summed E-state index contributed by atoms with van der Waals surface area (Å²) < 4.78 is 28.2. The van der Waals surface area contributed by atoms with Crippen molar-refractivity contribution >= 4 is 11.4 Å². The molecule has 2 aromatic rings. The summed E-state index contributed by atoms with van der Waals surface area (Å²) >= 11 is 0. The summed E-state index contributed by atoms with van der Waals surface area (Å²) in [6.45, 7) is 17.2. The summed E-state index contributed by atoms with van der Waals surface area (Å²) in [7, 11) is 0. The van der Waals surface area contributed by atoms with E-state index >= 15 is 0 Å². The van der Waals surface area contributed by atoms with E-state index in [9.17, 15) is 8.78 Å². The average molecular weight is 318 g/mol. The van der Waals surface area contributed by atoms with Crippen LogP contribution in [0.5, 0.6) is 0 Å². The number of benzene rings is 2. The second kappa shape index (κ2) is 6.17. The molecule has 0 bridgehead atoms. The van der Waals surface area contributed by atoms with Crippen LogP contribution in [-0.2, 0) is 0 Å². The Balaban J connectivity index is 3.00. The molecule has 0 saturated heterocycles. The summed E-state index contributed by atoms with van der Waals surface area (Å²) in [4.78, 5) is 6.18. The lowest BCUT2D eigenvalue weighted by Gasteiger charge is -2.15. The third-order valence-corrected chi connectivity index (χ3v) is 3.75. The topological polar surface area (TPSA) is 56.3 Å². The van der Waals surface area contributed by atoms with E-state index in [-0.39, 0.29) is 33.6 Å². The lowest BCUT2D eigenvalue weighted by Crippen LogP contribution is -1.97. The Morgan fingerprint density at radius 2 is 1.54 bits per heavy atom. The zero-order valence-corrected chi connectivity index (χ0v) is 12.7. The van der Waals surface area contributed by atoms with E-state index in [0.29, 0.717) is 11.1 Å². The highest BCUT2D eigenvalue weighted by molar-refractivity contribution is 5.82. The summed E-state index contributed by atoms with van der Waals surface area (Å²) in [6.07, 6.45) is 0. The van der Waals surface area contributed by atoms with Crippen molar-refractivity contribution in [3.63, 3.8) is 0 Å². The van der Waals surface area contributed by atoms with Gasteiger partial charge in [-0.2, -0.15) is 10.5 Å². The molecule has 2 aromatic carbocycles. The van der Waals surface area contributed by atoms with Gasteiger partial charge in [-0.3, -0.25) is 0 Å². The molecule has 0 amide bonds. The predicted octanol–water partition coefficient (Wildman–Crippen LogP) is 5.09. The van der Waals surface area contributed by atoms with Crippen LogP contribution in [0.15, 0.2) is 12.1 Å². The van der Waals surface area contributed by atoms with Gasteiger partial charge >= 0.3 is 0 Å². The second-order valence-electron chi connectivity index (χ2n) is 4.96. The van der Waals surface area contributed by atoms with Crippen LogP contribution in [-0.4, -0.2) is 0 Å². The van der Waals surface area contributed by atoms with Gasteiger partial charge in [-0.05, 0) is 48.2 Å². The number of nitriles is 2. The Morgan fingerprint density at radius 1 is 0.917 bits per heavy atom. The van der Waals surface area contributed by atoms with Crippen molar-refractivity contribution in [1.82, 2.24) is 0 Å². The highest BCUT2D eigenvalue weighted by Crippen LogP contribution is 2.39. The van der Waals surface area contributed by atoms with E-state index < -0.39 is 11.6 Å². The lowest BCUT2D eigenvalue weighted by atomic mass is 9.90. The van der Waals surface area contributed by atoms with Crippen molar-refractivity contribution in [3.05, 3.63) is 68.9 Å². The Hall–Kier alpha value is -3.74. The van der Waals surface area contributed by atoms with E-state index in [4.69, 9.17) is 23.7 Å². The molecule has 0 heterocycles. The molecule has 0 radical (unpaired) electrons. The molecule has 114 valence electrons. The first-order chi connectivity index (χ1) is 11.4. The highest BCUT2D eigenvalue weighted by atomic mass is 19.1. The average Bonchev–Trinajstić information content (AvgIpc) is 2.57. The molecule has 24 heavy (non-hydrogen) atoms. The van der Waals surface area contributed by atoms with Gasteiger partial charge in [0, 0.05) is 0 Å². The summed E-state index contributed by atoms with van der Waals surface area (Å²) in [5.74, 6) is -1.83. The van der Waals surface area contributed by atoms with Gasteiger partial charge in [0.2, 0.25) is 11.4 Å². The summed E-state index contributed by atoms with van der Waals surface area (Å²) in [5, 5.41) is 18.2. The SMILES string of the molecule is [C-]#[N+]c1cc(-c2cc(C#N)c(F)c([N+]#[C-])c2C)c(C)c(C#N)c1F. The van der Waals surface area contributed by atoms with Crippen molar-refractivity contribution in [2.75, 3.05) is 0 Å². The van der Waals surface area contributed by atoms with Gasteiger partial charge in [0.25, 0.3) is 0 Å². The van der Waals surface area contributed by atoms with E-state index in [2.05, 4.69) is 9.69 Å². The molecule has 0 spiro atoms. The van der Waals surface area contributed by atoms with Gasteiger partial charge in [0.15, 0.2) is 0 Å². The maximum Gasteiger partial charge on any atom is 0.226 e. The molecule has 0 saturated carbocycles. The normalized spacial score (nSPS) is 9.50. The smallest absolute Gasteiger partial charge is 0.226 e. The zero-order valence-electron chi connectivity index (χ0n) is 12.7. The fourth-order valence-corrected chi connectivity index (χ4v) is 2.46. The van der Waals surface area contributed by atoms with Gasteiger partial charge in [-0.25, -0.2) is 18.5 Å². The van der Waals surface area contributed by atoms with Crippen LogP contribution in [0.2, 0.25) is 0 Å². The van der Waals surface area contributed by atoms with E-state index in [1.165, 1.54) is 26.0 Å². The molecule has 0 N–H and O–H groups in total. The second-order valence-corrected chi connectivity index (χ2v) is 4.96. The van der Waals surface area contributed by atoms with Crippen LogP contribution < -0.4 is 0 Å². The minimum Gasteiger partial charge on any atom is -0.235 e. The minimum absolute atomic E-state index is 0.260. The molecule has 0 aliphatic carbocycles. The van der Waals surface area contributed by atoms with E-state index in [0.717, 1.165) is 0 Å². The third kappa shape index (κ3) is 2.34. The molecule has 4 nitrogen and oxygen atoms in total. The first-order valence-electron chi connectivity index (χ1n) is 6.62. The standard InChI is InChI=1S/C18H8F2N4/c1-9-13(6-15(23-3)17(20)14(9)8-22)12-5-11(7-21)16(19)18(24-4)10(12)2/h5-6H,1-2H3. The minimum atomic E-state index is -0.917. The number of hydrogen-bond donors (Lipinski definition) is 0. The number of rotatable bonds is 1. The predicted molar refractivity (Wildman–Crippen MR) is 83.2 cm³/mol. The van der Waals surface area contributed by atoms with Crippen molar-refractivity contribution in [1.29, 1.82) is 10.5 Å². The van der Waals surface area contributed by atoms with Gasteiger partial charge in [0.1, 0.15) is 23.8 Å². The molecular formula is C18H8F2N4. The Labute approximate surface area is 137 Å². The van der Waals surface area contributed by atoms with Crippen LogP contribution in [0, 0.1) is 61.3 Å². The largest absolute Gasteiger partial charge is 0.235 e. The highest BCUT2D eigenvalue weighted by Gasteiger charge is 2.21. The molecular weight excluding hydrogens is 310 g/mol. The van der Waals surface area contributed by atoms with Gasteiger partial charge < -0.3 is 0 Å². The van der Waals surface area contributed by atoms with Gasteiger partial charge in [0.05, 0.1) is 24.3 Å². The fourth-order valence-electron chi connectivity index (χ4n) is 2.46. The van der Waals surface area contributed by atoms with Crippen molar-refractivity contribution < 1.29 is 8.78 Å². The Morgan fingerprint density at radius 3 is 2.04 bits per heavy atom. The quantitative estimate of drug-likeness (QED) is 0.687. The first-order valence-corrected chi connectivity index (χ1v) is 6.62. The molecule has 0 aromatic heterocycles. The van der Waals surface area contributed by atoms with Crippen LogP contribution in [0.25, 0.3) is 20.8 Å². The first kappa shape index (κ1) is 16.6. The maximum atomic E-state index is 14.1. The molecule has 0 atom stereocenters. The summed E-state index contributed by atoms with van der Waals surface area (Å²) in [5.41, 5.74) is -0.115. The number of halogens is 2. The lowest BCUT2D eigenvalue weighted by molar-refractivity contribution is 0.627. The molecule has 0 aliphatic rings. The molecule has 6 heteroatoms. The molecule has 2 rings (SSSR count). The Bertz CT molecular complexity index is 956. The fraction of sp³-hybridized carbons (Fsp3) is 0.111. The molecule has 0 unspecified atom stereocenters. The van der Waals surface area contributed by atoms with E-state index in [1.807, 2.05) is 0 Å². The monoisotopic (exact) mass is 318 g/mol. The van der Waals surface area contributed by atoms with Crippen LogP contribution in [0.3, 0.4) is 0 Å². The van der Waals surface area contributed by atoms with Crippen molar-refractivity contribution in [2.24, 2.45) is 0 Å². The van der Waals surface area contributed by atoms with Gasteiger partial charge in [-0.1, -0.05) is 0 Å². The van der Waals surface area contributed by atoms with Gasteiger partial charge in [-0.15, -0.1) is 0 Å². The van der Waals surface area contributed by atoms with Crippen LogP contribution in [0.1, 0.15) is 22.3 Å². The zero-order chi connectivity index (χ0) is 18.0. The maximum absolute atomic E-state index is 14.1. The van der Waals surface area contributed by atoms with Crippen LogP contribution >= 0.6 is 0 Å². The van der Waals surface area contributed by atoms with Crippen LogP contribution in [0.4, 0.5) is 20.2 Å². The molecule has 0 fully saturated rings. The molecule has 0 aliphatic heterocycles. The number of nitrogens with zero attached hydrogens (tertiary/aromatic N) is 4. The van der Waals surface area contributed by atoms with E-state index in [1.54, 1.807) is 12.1 Å². The van der Waals surface area contributed by atoms with Crippen molar-refractivity contribution in [3.8, 4) is 23.3 Å². The summed E-state index contributed by atoms with van der Waals surface area (Å²) in [6, 6.07) is 5.88.